The molecule has 1 fully saturated rings. The Balaban J connectivity index is 1.42. The number of benzene rings is 2. The lowest BCUT2D eigenvalue weighted by Gasteiger charge is -2.49. The molecule has 2 aromatic rings. The molecule has 3 atom stereocenters. The minimum Gasteiger partial charge on any atom is -0.456 e. The first-order valence-corrected chi connectivity index (χ1v) is 11.8. The zero-order valence-electron chi connectivity index (χ0n) is 18.1. The molecule has 0 radical (unpaired) electrons. The topological polar surface area (TPSA) is 136 Å². The Morgan fingerprint density at radius 1 is 1.15 bits per heavy atom. The fourth-order valence-corrected chi connectivity index (χ4v) is 5.55. The molecule has 10 nitrogen and oxygen atoms in total. The first kappa shape index (κ1) is 23.3. The zero-order chi connectivity index (χ0) is 24.4. The Morgan fingerprint density at radius 2 is 1.82 bits per heavy atom. The summed E-state index contributed by atoms with van der Waals surface area (Å²) in [5, 5.41) is 12.6. The number of nitro groups is 1. The van der Waals surface area contributed by atoms with E-state index in [-0.39, 0.29) is 36.1 Å². The summed E-state index contributed by atoms with van der Waals surface area (Å²) in [4.78, 5) is 49.4. The highest BCUT2D eigenvalue weighted by atomic mass is 32.2. The van der Waals surface area contributed by atoms with E-state index in [1.165, 1.54) is 24.3 Å². The third-order valence-corrected chi connectivity index (χ3v) is 7.29. The van der Waals surface area contributed by atoms with Crippen molar-refractivity contribution in [3.63, 3.8) is 0 Å². The van der Waals surface area contributed by atoms with Crippen molar-refractivity contribution in [2.45, 2.75) is 31.4 Å². The number of amides is 2. The zero-order valence-corrected chi connectivity index (χ0v) is 18.9. The average molecular weight is 484 g/mol. The Morgan fingerprint density at radius 3 is 2.47 bits per heavy atom. The third kappa shape index (κ3) is 4.60. The SMILES string of the molecule is CC1=C(C(=O)OCc2ccc([N+](=O)[O-])cc2)N2C(=O)[C@@H](NC(=O)Cc3ccccc3)[C@H]2[S@@](=O)C1. The quantitative estimate of drug-likeness (QED) is 0.273. The monoisotopic (exact) mass is 483 g/mol. The standard InChI is InChI=1S/C23H21N3O7S/c1-14-13-34(32)22-19(24-18(27)11-15-5-3-2-4-6-15)21(28)25(22)20(14)23(29)33-12-16-7-9-17(10-8-16)26(30)31/h2-10,19,22H,11-13H2,1H3,(H,24,27)/t19-,22-,34+/m1/s1. The number of nitro benzene ring substituents is 1. The van der Waals surface area contributed by atoms with Crippen LogP contribution in [0.4, 0.5) is 5.69 Å². The number of carbonyl (C=O) groups excluding carboxylic acids is 3. The molecule has 34 heavy (non-hydrogen) atoms. The lowest BCUT2D eigenvalue weighted by atomic mass is 10.0. The molecule has 2 aliphatic rings. The maximum atomic E-state index is 12.8. The Labute approximate surface area is 197 Å². The van der Waals surface area contributed by atoms with Gasteiger partial charge >= 0.3 is 5.97 Å². The number of hydrogen-bond donors (Lipinski definition) is 1. The van der Waals surface area contributed by atoms with Gasteiger partial charge in [-0.2, -0.15) is 0 Å². The molecule has 0 unspecified atom stereocenters. The van der Waals surface area contributed by atoms with E-state index in [0.717, 1.165) is 10.5 Å². The van der Waals surface area contributed by atoms with Crippen molar-refractivity contribution in [2.24, 2.45) is 0 Å². The predicted octanol–water partition coefficient (Wildman–Crippen LogP) is 1.57. The molecule has 0 aliphatic carbocycles. The number of ether oxygens (including phenoxy) is 1. The first-order chi connectivity index (χ1) is 16.3. The summed E-state index contributed by atoms with van der Waals surface area (Å²) in [5.74, 6) is -1.60. The van der Waals surface area contributed by atoms with Crippen LogP contribution in [0.3, 0.4) is 0 Å². The Hall–Kier alpha value is -3.86. The Bertz CT molecular complexity index is 1210. The molecule has 4 rings (SSSR count). The van der Waals surface area contributed by atoms with Gasteiger partial charge in [0, 0.05) is 17.9 Å². The van der Waals surface area contributed by atoms with Crippen molar-refractivity contribution in [2.75, 3.05) is 5.75 Å². The normalized spacial score (nSPS) is 21.4. The van der Waals surface area contributed by atoms with Gasteiger partial charge in [-0.3, -0.25) is 28.8 Å². The maximum absolute atomic E-state index is 12.8. The van der Waals surface area contributed by atoms with Gasteiger partial charge in [-0.05, 0) is 35.8 Å². The summed E-state index contributed by atoms with van der Waals surface area (Å²) in [6, 6.07) is 13.6. The van der Waals surface area contributed by atoms with E-state index in [1.807, 2.05) is 6.07 Å². The molecule has 1 saturated heterocycles. The fraction of sp³-hybridized carbons (Fsp3) is 0.261. The second-order valence-corrected chi connectivity index (χ2v) is 9.49. The number of hydrogen-bond acceptors (Lipinski definition) is 7. The van der Waals surface area contributed by atoms with Crippen molar-refractivity contribution < 1.29 is 28.3 Å². The molecule has 176 valence electrons. The highest BCUT2D eigenvalue weighted by Gasteiger charge is 2.56. The number of carbonyl (C=O) groups is 3. The van der Waals surface area contributed by atoms with Crippen molar-refractivity contribution in [1.29, 1.82) is 0 Å². The molecule has 2 aromatic carbocycles. The van der Waals surface area contributed by atoms with Gasteiger partial charge in [0.25, 0.3) is 11.6 Å². The van der Waals surface area contributed by atoms with Crippen LogP contribution in [0.25, 0.3) is 0 Å². The van der Waals surface area contributed by atoms with E-state index in [4.69, 9.17) is 4.74 Å². The molecular formula is C23H21N3O7S. The van der Waals surface area contributed by atoms with Gasteiger partial charge in [0.15, 0.2) is 0 Å². The van der Waals surface area contributed by atoms with Crippen molar-refractivity contribution >= 4 is 34.3 Å². The molecule has 2 aliphatic heterocycles. The third-order valence-electron chi connectivity index (χ3n) is 5.55. The molecule has 11 heteroatoms. The molecule has 1 N–H and O–H groups in total. The average Bonchev–Trinajstić information content (AvgIpc) is 2.81. The van der Waals surface area contributed by atoms with Gasteiger partial charge in [0.1, 0.15) is 23.7 Å². The maximum Gasteiger partial charge on any atom is 0.355 e. The van der Waals surface area contributed by atoms with Gasteiger partial charge in [-0.1, -0.05) is 30.3 Å². The van der Waals surface area contributed by atoms with Crippen LogP contribution in [0.15, 0.2) is 65.9 Å². The number of nitrogens with zero attached hydrogens (tertiary/aromatic N) is 2. The fourth-order valence-electron chi connectivity index (χ4n) is 3.89. The van der Waals surface area contributed by atoms with Crippen LogP contribution in [0.2, 0.25) is 0 Å². The van der Waals surface area contributed by atoms with Crippen molar-refractivity contribution in [3.8, 4) is 0 Å². The summed E-state index contributed by atoms with van der Waals surface area (Å²) in [5.41, 5.74) is 1.70. The summed E-state index contributed by atoms with van der Waals surface area (Å²) in [6.07, 6.45) is 0.0724. The van der Waals surface area contributed by atoms with Gasteiger partial charge < -0.3 is 10.1 Å². The van der Waals surface area contributed by atoms with Crippen LogP contribution < -0.4 is 5.32 Å². The highest BCUT2D eigenvalue weighted by molar-refractivity contribution is 7.86. The van der Waals surface area contributed by atoms with Gasteiger partial charge in [-0.15, -0.1) is 0 Å². The van der Waals surface area contributed by atoms with E-state index in [1.54, 1.807) is 31.2 Å². The molecule has 2 heterocycles. The summed E-state index contributed by atoms with van der Waals surface area (Å²) in [7, 11) is -1.50. The van der Waals surface area contributed by atoms with E-state index >= 15 is 0 Å². The van der Waals surface area contributed by atoms with Crippen LogP contribution in [0.1, 0.15) is 18.1 Å². The number of non-ortho nitro benzene ring substituents is 1. The van der Waals surface area contributed by atoms with Crippen LogP contribution >= 0.6 is 0 Å². The molecule has 0 bridgehead atoms. The summed E-state index contributed by atoms with van der Waals surface area (Å²) in [6.45, 7) is 1.45. The molecular weight excluding hydrogens is 462 g/mol. The molecule has 2 amide bonds. The predicted molar refractivity (Wildman–Crippen MR) is 121 cm³/mol. The number of esters is 1. The minimum atomic E-state index is -1.50. The van der Waals surface area contributed by atoms with Gasteiger partial charge in [0.2, 0.25) is 5.91 Å². The molecule has 0 spiro atoms. The smallest absolute Gasteiger partial charge is 0.355 e. The second kappa shape index (κ2) is 9.56. The van der Waals surface area contributed by atoms with E-state index in [0.29, 0.717) is 11.1 Å². The minimum absolute atomic E-state index is 0.0186. The van der Waals surface area contributed by atoms with Crippen LogP contribution in [-0.2, 0) is 42.9 Å². The molecule has 0 saturated carbocycles. The van der Waals surface area contributed by atoms with E-state index in [9.17, 15) is 28.7 Å². The first-order valence-electron chi connectivity index (χ1n) is 10.4. The van der Waals surface area contributed by atoms with E-state index < -0.39 is 39.0 Å². The highest BCUT2D eigenvalue weighted by Crippen LogP contribution is 2.35. The van der Waals surface area contributed by atoms with Gasteiger partial charge in [-0.25, -0.2) is 4.79 Å². The van der Waals surface area contributed by atoms with Crippen LogP contribution in [0, 0.1) is 10.1 Å². The summed E-state index contributed by atoms with van der Waals surface area (Å²) >= 11 is 0. The lowest BCUT2D eigenvalue weighted by Crippen LogP contribution is -2.73. The van der Waals surface area contributed by atoms with E-state index in [2.05, 4.69) is 5.32 Å². The largest absolute Gasteiger partial charge is 0.456 e. The van der Waals surface area contributed by atoms with Crippen molar-refractivity contribution in [1.82, 2.24) is 10.2 Å². The second-order valence-electron chi connectivity index (χ2n) is 7.96. The summed E-state index contributed by atoms with van der Waals surface area (Å²) < 4.78 is 18.0. The van der Waals surface area contributed by atoms with Crippen LogP contribution in [0.5, 0.6) is 0 Å². The lowest BCUT2D eigenvalue weighted by molar-refractivity contribution is -0.384. The van der Waals surface area contributed by atoms with Crippen molar-refractivity contribution in [3.05, 3.63) is 87.1 Å². The number of nitrogens with one attached hydrogen (secondary N) is 1. The van der Waals surface area contributed by atoms with Gasteiger partial charge in [0.05, 0.1) is 22.1 Å². The number of rotatable bonds is 7. The Kier molecular flexibility index (Phi) is 6.55. The molecule has 0 aromatic heterocycles. The number of β-lactam (4-membered cyclic amide) rings is 1. The number of fused-ring (bicyclic) bond motifs is 1. The van der Waals surface area contributed by atoms with Crippen LogP contribution in [-0.4, -0.2) is 49.0 Å².